The predicted octanol–water partition coefficient (Wildman–Crippen LogP) is 3.06. The van der Waals surface area contributed by atoms with E-state index in [1.54, 1.807) is 7.05 Å². The molecule has 25 heavy (non-hydrogen) atoms. The Morgan fingerprint density at radius 3 is 2.48 bits per heavy atom. The van der Waals surface area contributed by atoms with E-state index in [1.807, 2.05) is 25.1 Å². The van der Waals surface area contributed by atoms with Gasteiger partial charge in [0.25, 0.3) is 0 Å². The van der Waals surface area contributed by atoms with Crippen LogP contribution in [0.2, 0.25) is 0 Å². The van der Waals surface area contributed by atoms with Crippen LogP contribution in [0.3, 0.4) is 0 Å². The number of benzene rings is 2. The molecule has 1 amide bonds. The van der Waals surface area contributed by atoms with Crippen molar-refractivity contribution in [3.63, 3.8) is 0 Å². The molecule has 0 aliphatic rings. The van der Waals surface area contributed by atoms with Gasteiger partial charge in [-0.3, -0.25) is 9.79 Å². The molecule has 0 unspecified atom stereocenters. The van der Waals surface area contributed by atoms with Gasteiger partial charge in [0, 0.05) is 19.3 Å². The molecule has 2 rings (SSSR count). The SMILES string of the molecule is CN=C(NCC(=O)Nc1ccc(F)cc1)NCc1cccc(C)c1.I. The van der Waals surface area contributed by atoms with Gasteiger partial charge in [-0.1, -0.05) is 29.8 Å². The number of halogens is 2. The summed E-state index contributed by atoms with van der Waals surface area (Å²) >= 11 is 0. The zero-order valence-corrected chi connectivity index (χ0v) is 16.5. The number of hydrogen-bond donors (Lipinski definition) is 3. The summed E-state index contributed by atoms with van der Waals surface area (Å²) in [5, 5.41) is 8.77. The van der Waals surface area contributed by atoms with Gasteiger partial charge in [-0.25, -0.2) is 4.39 Å². The third-order valence-electron chi connectivity index (χ3n) is 3.31. The molecule has 0 fully saturated rings. The van der Waals surface area contributed by atoms with Crippen molar-refractivity contribution in [1.29, 1.82) is 0 Å². The molecule has 0 aromatic heterocycles. The molecule has 7 heteroatoms. The largest absolute Gasteiger partial charge is 0.352 e. The van der Waals surface area contributed by atoms with Gasteiger partial charge >= 0.3 is 0 Å². The summed E-state index contributed by atoms with van der Waals surface area (Å²) in [6.45, 7) is 2.71. The van der Waals surface area contributed by atoms with Gasteiger partial charge in [-0.2, -0.15) is 0 Å². The second-order valence-electron chi connectivity index (χ2n) is 5.32. The highest BCUT2D eigenvalue weighted by Crippen LogP contribution is 2.07. The first-order valence-electron chi connectivity index (χ1n) is 7.62. The van der Waals surface area contributed by atoms with Crippen LogP contribution in [-0.4, -0.2) is 25.5 Å². The Morgan fingerprint density at radius 1 is 1.12 bits per heavy atom. The molecule has 0 bridgehead atoms. The molecule has 0 aliphatic heterocycles. The lowest BCUT2D eigenvalue weighted by Gasteiger charge is -2.12. The number of amides is 1. The summed E-state index contributed by atoms with van der Waals surface area (Å²) in [7, 11) is 1.64. The fourth-order valence-corrected chi connectivity index (χ4v) is 2.13. The number of anilines is 1. The minimum absolute atomic E-state index is 0. The van der Waals surface area contributed by atoms with E-state index >= 15 is 0 Å². The predicted molar refractivity (Wildman–Crippen MR) is 110 cm³/mol. The number of hydrogen-bond acceptors (Lipinski definition) is 2. The van der Waals surface area contributed by atoms with Crippen LogP contribution >= 0.6 is 24.0 Å². The van der Waals surface area contributed by atoms with Crippen LogP contribution in [0.4, 0.5) is 10.1 Å². The average molecular weight is 456 g/mol. The highest BCUT2D eigenvalue weighted by molar-refractivity contribution is 14.0. The minimum atomic E-state index is -0.341. The smallest absolute Gasteiger partial charge is 0.243 e. The van der Waals surface area contributed by atoms with Crippen molar-refractivity contribution in [3.8, 4) is 0 Å². The second kappa shape index (κ2) is 10.7. The molecule has 3 N–H and O–H groups in total. The number of aryl methyl sites for hydroxylation is 1. The van der Waals surface area contributed by atoms with Crippen LogP contribution in [-0.2, 0) is 11.3 Å². The summed E-state index contributed by atoms with van der Waals surface area (Å²) in [5.41, 5.74) is 2.87. The van der Waals surface area contributed by atoms with Crippen LogP contribution in [0, 0.1) is 12.7 Å². The molecular formula is C18H22FIN4O. The van der Waals surface area contributed by atoms with Crippen molar-refractivity contribution >= 4 is 41.5 Å². The Balaban J connectivity index is 0.00000312. The molecule has 5 nitrogen and oxygen atoms in total. The van der Waals surface area contributed by atoms with E-state index in [1.165, 1.54) is 29.8 Å². The molecule has 0 heterocycles. The first-order valence-corrected chi connectivity index (χ1v) is 7.62. The monoisotopic (exact) mass is 456 g/mol. The number of nitrogens with one attached hydrogen (secondary N) is 3. The lowest BCUT2D eigenvalue weighted by molar-refractivity contribution is -0.115. The highest BCUT2D eigenvalue weighted by Gasteiger charge is 2.04. The van der Waals surface area contributed by atoms with Gasteiger partial charge in [-0.15, -0.1) is 24.0 Å². The summed E-state index contributed by atoms with van der Waals surface area (Å²) in [6.07, 6.45) is 0. The summed E-state index contributed by atoms with van der Waals surface area (Å²) < 4.78 is 12.8. The van der Waals surface area contributed by atoms with E-state index in [4.69, 9.17) is 0 Å². The zero-order chi connectivity index (χ0) is 17.4. The third kappa shape index (κ3) is 7.51. The van der Waals surface area contributed by atoms with Crippen molar-refractivity contribution in [1.82, 2.24) is 10.6 Å². The summed E-state index contributed by atoms with van der Waals surface area (Å²) in [5.74, 6) is -0.0437. The number of guanidine groups is 1. The van der Waals surface area contributed by atoms with Crippen molar-refractivity contribution in [3.05, 3.63) is 65.5 Å². The maximum absolute atomic E-state index is 12.8. The molecule has 0 atom stereocenters. The number of carbonyl (C=O) groups is 1. The Kier molecular flexibility index (Phi) is 8.90. The fraction of sp³-hybridized carbons (Fsp3) is 0.222. The maximum atomic E-state index is 12.8. The zero-order valence-electron chi connectivity index (χ0n) is 14.2. The van der Waals surface area contributed by atoms with Gasteiger partial charge in [-0.05, 0) is 36.8 Å². The van der Waals surface area contributed by atoms with E-state index in [0.29, 0.717) is 18.2 Å². The van der Waals surface area contributed by atoms with Crippen molar-refractivity contribution in [2.24, 2.45) is 4.99 Å². The van der Waals surface area contributed by atoms with Gasteiger partial charge in [0.1, 0.15) is 5.82 Å². The Morgan fingerprint density at radius 2 is 1.84 bits per heavy atom. The average Bonchev–Trinajstić information content (AvgIpc) is 2.57. The molecular weight excluding hydrogens is 434 g/mol. The van der Waals surface area contributed by atoms with Crippen LogP contribution < -0.4 is 16.0 Å². The van der Waals surface area contributed by atoms with Gasteiger partial charge < -0.3 is 16.0 Å². The first kappa shape index (κ1) is 20.9. The van der Waals surface area contributed by atoms with E-state index in [2.05, 4.69) is 27.0 Å². The lowest BCUT2D eigenvalue weighted by atomic mass is 10.1. The number of aliphatic imine (C=N–C) groups is 1. The van der Waals surface area contributed by atoms with Crippen LogP contribution in [0.15, 0.2) is 53.5 Å². The van der Waals surface area contributed by atoms with Crippen LogP contribution in [0.25, 0.3) is 0 Å². The molecule has 0 saturated heterocycles. The molecule has 0 spiro atoms. The summed E-state index contributed by atoms with van der Waals surface area (Å²) in [6, 6.07) is 13.8. The molecule has 0 saturated carbocycles. The Hall–Kier alpha value is -2.16. The molecule has 0 aliphatic carbocycles. The molecule has 0 radical (unpaired) electrons. The van der Waals surface area contributed by atoms with E-state index in [9.17, 15) is 9.18 Å². The standard InChI is InChI=1S/C18H21FN4O.HI/c1-13-4-3-5-14(10-13)11-21-18(20-2)22-12-17(24)23-16-8-6-15(19)7-9-16;/h3-10H,11-12H2,1-2H3,(H,23,24)(H2,20,21,22);1H. The topological polar surface area (TPSA) is 65.5 Å². The van der Waals surface area contributed by atoms with E-state index in [0.717, 1.165) is 5.56 Å². The lowest BCUT2D eigenvalue weighted by Crippen LogP contribution is -2.41. The Bertz CT molecular complexity index is 719. The fourth-order valence-electron chi connectivity index (χ4n) is 2.13. The number of nitrogens with zero attached hydrogens (tertiary/aromatic N) is 1. The van der Waals surface area contributed by atoms with Gasteiger partial charge in [0.2, 0.25) is 5.91 Å². The van der Waals surface area contributed by atoms with Crippen molar-refractivity contribution in [2.45, 2.75) is 13.5 Å². The van der Waals surface area contributed by atoms with Crippen LogP contribution in [0.5, 0.6) is 0 Å². The van der Waals surface area contributed by atoms with E-state index < -0.39 is 0 Å². The van der Waals surface area contributed by atoms with Crippen molar-refractivity contribution in [2.75, 3.05) is 18.9 Å². The molecule has 2 aromatic carbocycles. The Labute approximate surface area is 164 Å². The second-order valence-corrected chi connectivity index (χ2v) is 5.32. The normalized spacial score (nSPS) is 10.6. The van der Waals surface area contributed by atoms with Gasteiger partial charge in [0.15, 0.2) is 5.96 Å². The maximum Gasteiger partial charge on any atom is 0.243 e. The minimum Gasteiger partial charge on any atom is -0.352 e. The first-order chi connectivity index (χ1) is 11.6. The number of carbonyl (C=O) groups excluding carboxylic acids is 1. The molecule has 134 valence electrons. The molecule has 2 aromatic rings. The highest BCUT2D eigenvalue weighted by atomic mass is 127. The van der Waals surface area contributed by atoms with Crippen molar-refractivity contribution < 1.29 is 9.18 Å². The van der Waals surface area contributed by atoms with Gasteiger partial charge in [0.05, 0.1) is 6.54 Å². The summed E-state index contributed by atoms with van der Waals surface area (Å²) in [4.78, 5) is 16.0. The van der Waals surface area contributed by atoms with Crippen LogP contribution in [0.1, 0.15) is 11.1 Å². The third-order valence-corrected chi connectivity index (χ3v) is 3.31. The quantitative estimate of drug-likeness (QED) is 0.368. The van der Waals surface area contributed by atoms with E-state index in [-0.39, 0.29) is 42.2 Å². The number of rotatable bonds is 5.